The summed E-state index contributed by atoms with van der Waals surface area (Å²) < 4.78 is 1.67. The maximum absolute atomic E-state index is 11.0. The number of hydrogen-bond donors (Lipinski definition) is 1. The minimum atomic E-state index is -0.712. The van der Waals surface area contributed by atoms with Gasteiger partial charge < -0.3 is 5.11 Å². The third-order valence-corrected chi connectivity index (χ3v) is 2.91. The Morgan fingerprint density at radius 1 is 1.64 bits per heavy atom. The average Bonchev–Trinajstić information content (AvgIpc) is 2.70. The highest BCUT2D eigenvalue weighted by molar-refractivity contribution is 5.71. The Bertz CT molecular complexity index is 348. The summed E-state index contributed by atoms with van der Waals surface area (Å²) in [5.74, 6) is -0.150. The maximum Gasteiger partial charge on any atom is 0.307 e. The Hall–Kier alpha value is -1.39. The lowest BCUT2D eigenvalue weighted by Crippen LogP contribution is -2.19. The first-order valence-corrected chi connectivity index (χ1v) is 4.77. The normalized spacial score (nSPS) is 26.6. The summed E-state index contributed by atoms with van der Waals surface area (Å²) in [4.78, 5) is 15.1. The molecule has 1 heterocycles. The van der Waals surface area contributed by atoms with Crippen molar-refractivity contribution in [3.05, 3.63) is 12.2 Å². The minimum absolute atomic E-state index is 0.0417. The number of carboxylic acids is 1. The molecule has 2 atom stereocenters. The van der Waals surface area contributed by atoms with E-state index in [0.717, 1.165) is 25.1 Å². The van der Waals surface area contributed by atoms with Gasteiger partial charge in [0.25, 0.3) is 0 Å². The van der Waals surface area contributed by atoms with E-state index in [1.165, 1.54) is 6.33 Å². The first-order chi connectivity index (χ1) is 6.70. The van der Waals surface area contributed by atoms with Crippen LogP contribution >= 0.6 is 0 Å². The van der Waals surface area contributed by atoms with E-state index in [1.54, 1.807) is 11.7 Å². The van der Waals surface area contributed by atoms with Crippen molar-refractivity contribution in [1.82, 2.24) is 14.8 Å². The molecule has 1 fully saturated rings. The van der Waals surface area contributed by atoms with Gasteiger partial charge in [0.05, 0.1) is 5.92 Å². The smallest absolute Gasteiger partial charge is 0.307 e. The maximum atomic E-state index is 11.0. The van der Waals surface area contributed by atoms with Gasteiger partial charge in [-0.3, -0.25) is 9.48 Å². The molecule has 0 saturated heterocycles. The van der Waals surface area contributed by atoms with E-state index in [-0.39, 0.29) is 11.8 Å². The molecule has 0 radical (unpaired) electrons. The Labute approximate surface area is 81.8 Å². The number of carboxylic acid groups (broad SMARTS) is 1. The molecular formula is C9H13N3O2. The summed E-state index contributed by atoms with van der Waals surface area (Å²) in [6.07, 6.45) is 4.11. The summed E-state index contributed by atoms with van der Waals surface area (Å²) in [6.45, 7) is 0. The van der Waals surface area contributed by atoms with E-state index < -0.39 is 5.97 Å². The second-order valence-electron chi connectivity index (χ2n) is 3.72. The number of nitrogens with zero attached hydrogens (tertiary/aromatic N) is 3. The summed E-state index contributed by atoms with van der Waals surface area (Å²) in [5, 5.41) is 13.0. The fourth-order valence-electron chi connectivity index (χ4n) is 2.21. The Balaban J connectivity index is 2.26. The monoisotopic (exact) mass is 195 g/mol. The highest BCUT2D eigenvalue weighted by Crippen LogP contribution is 2.38. The van der Waals surface area contributed by atoms with Gasteiger partial charge in [-0.15, -0.1) is 0 Å². The van der Waals surface area contributed by atoms with Crippen molar-refractivity contribution in [3.8, 4) is 0 Å². The van der Waals surface area contributed by atoms with Crippen LogP contribution in [0.3, 0.4) is 0 Å². The van der Waals surface area contributed by atoms with Gasteiger partial charge in [-0.05, 0) is 12.8 Å². The van der Waals surface area contributed by atoms with Gasteiger partial charge >= 0.3 is 5.97 Å². The van der Waals surface area contributed by atoms with Crippen molar-refractivity contribution in [2.75, 3.05) is 0 Å². The van der Waals surface area contributed by atoms with Crippen LogP contribution < -0.4 is 0 Å². The zero-order valence-electron chi connectivity index (χ0n) is 8.05. The van der Waals surface area contributed by atoms with Crippen LogP contribution in [0.4, 0.5) is 0 Å². The average molecular weight is 195 g/mol. The molecule has 1 aromatic heterocycles. The lowest BCUT2D eigenvalue weighted by Gasteiger charge is -2.13. The Morgan fingerprint density at radius 2 is 2.43 bits per heavy atom. The van der Waals surface area contributed by atoms with Crippen LogP contribution in [0.2, 0.25) is 0 Å². The van der Waals surface area contributed by atoms with Crippen LogP contribution in [-0.4, -0.2) is 25.8 Å². The zero-order valence-corrected chi connectivity index (χ0v) is 8.05. The molecule has 1 aliphatic rings. The number of carbonyl (C=O) groups is 1. The molecule has 1 aliphatic carbocycles. The molecule has 0 bridgehead atoms. The topological polar surface area (TPSA) is 68.0 Å². The predicted octanol–water partition coefficient (Wildman–Crippen LogP) is 0.783. The molecule has 0 aromatic carbocycles. The third kappa shape index (κ3) is 1.38. The van der Waals surface area contributed by atoms with E-state index in [4.69, 9.17) is 5.11 Å². The van der Waals surface area contributed by atoms with Gasteiger partial charge in [-0.25, -0.2) is 4.98 Å². The van der Waals surface area contributed by atoms with Gasteiger partial charge in [-0.1, -0.05) is 6.42 Å². The van der Waals surface area contributed by atoms with Crippen molar-refractivity contribution in [2.45, 2.75) is 25.2 Å². The van der Waals surface area contributed by atoms with Gasteiger partial charge in [0.15, 0.2) is 0 Å². The molecule has 5 nitrogen and oxygen atoms in total. The molecule has 1 N–H and O–H groups in total. The van der Waals surface area contributed by atoms with Crippen LogP contribution in [0, 0.1) is 5.92 Å². The fraction of sp³-hybridized carbons (Fsp3) is 0.667. The fourth-order valence-corrected chi connectivity index (χ4v) is 2.21. The summed E-state index contributed by atoms with van der Waals surface area (Å²) in [7, 11) is 1.81. The van der Waals surface area contributed by atoms with Crippen molar-refractivity contribution in [1.29, 1.82) is 0 Å². The van der Waals surface area contributed by atoms with Crippen LogP contribution in [0.1, 0.15) is 31.0 Å². The lowest BCUT2D eigenvalue weighted by molar-refractivity contribution is -0.142. The molecular weight excluding hydrogens is 182 g/mol. The Morgan fingerprint density at radius 3 is 3.00 bits per heavy atom. The van der Waals surface area contributed by atoms with E-state index in [0.29, 0.717) is 0 Å². The quantitative estimate of drug-likeness (QED) is 0.757. The van der Waals surface area contributed by atoms with Gasteiger partial charge in [0, 0.05) is 13.0 Å². The first-order valence-electron chi connectivity index (χ1n) is 4.77. The highest BCUT2D eigenvalue weighted by atomic mass is 16.4. The predicted molar refractivity (Wildman–Crippen MR) is 48.7 cm³/mol. The second-order valence-corrected chi connectivity index (χ2v) is 3.72. The number of aryl methyl sites for hydroxylation is 1. The van der Waals surface area contributed by atoms with Gasteiger partial charge in [0.1, 0.15) is 12.2 Å². The molecule has 76 valence electrons. The summed E-state index contributed by atoms with van der Waals surface area (Å²) in [5.41, 5.74) is 0. The van der Waals surface area contributed by atoms with Gasteiger partial charge in [0.2, 0.25) is 0 Å². The molecule has 1 aromatic rings. The van der Waals surface area contributed by atoms with Crippen molar-refractivity contribution >= 4 is 5.97 Å². The van der Waals surface area contributed by atoms with E-state index in [2.05, 4.69) is 10.1 Å². The highest BCUT2D eigenvalue weighted by Gasteiger charge is 2.36. The molecule has 2 unspecified atom stereocenters. The van der Waals surface area contributed by atoms with E-state index >= 15 is 0 Å². The molecule has 1 saturated carbocycles. The van der Waals surface area contributed by atoms with Crippen molar-refractivity contribution in [2.24, 2.45) is 13.0 Å². The lowest BCUT2D eigenvalue weighted by atomic mass is 9.95. The van der Waals surface area contributed by atoms with Gasteiger partial charge in [-0.2, -0.15) is 5.10 Å². The molecule has 0 amide bonds. The van der Waals surface area contributed by atoms with E-state index in [1.807, 2.05) is 0 Å². The Kier molecular flexibility index (Phi) is 2.23. The summed E-state index contributed by atoms with van der Waals surface area (Å²) >= 11 is 0. The molecule has 2 rings (SSSR count). The number of aliphatic carboxylic acids is 1. The standard InChI is InChI=1S/C9H13N3O2/c1-12-8(10-5-11-12)6-3-2-4-7(6)9(13)14/h5-7H,2-4H2,1H3,(H,13,14). The van der Waals surface area contributed by atoms with E-state index in [9.17, 15) is 4.79 Å². The molecule has 5 heteroatoms. The minimum Gasteiger partial charge on any atom is -0.481 e. The zero-order chi connectivity index (χ0) is 10.1. The molecule has 14 heavy (non-hydrogen) atoms. The van der Waals surface area contributed by atoms with Crippen LogP contribution in [0.25, 0.3) is 0 Å². The SMILES string of the molecule is Cn1ncnc1C1CCCC1C(=O)O. The molecule has 0 aliphatic heterocycles. The number of aromatic nitrogens is 3. The van der Waals surface area contributed by atoms with Crippen LogP contribution in [-0.2, 0) is 11.8 Å². The van der Waals surface area contributed by atoms with Crippen LogP contribution in [0.15, 0.2) is 6.33 Å². The second kappa shape index (κ2) is 3.40. The summed E-state index contributed by atoms with van der Waals surface area (Å²) in [6, 6.07) is 0. The number of rotatable bonds is 2. The first kappa shape index (κ1) is 9.18. The van der Waals surface area contributed by atoms with Crippen molar-refractivity contribution in [3.63, 3.8) is 0 Å². The van der Waals surface area contributed by atoms with Crippen molar-refractivity contribution < 1.29 is 9.90 Å². The third-order valence-electron chi connectivity index (χ3n) is 2.91. The molecule has 0 spiro atoms. The largest absolute Gasteiger partial charge is 0.481 e. The number of hydrogen-bond acceptors (Lipinski definition) is 3. The van der Waals surface area contributed by atoms with Crippen LogP contribution in [0.5, 0.6) is 0 Å².